The van der Waals surface area contributed by atoms with Crippen LogP contribution in [0.2, 0.25) is 0 Å². The number of hydrogen-bond donors (Lipinski definition) is 1. The van der Waals surface area contributed by atoms with Gasteiger partial charge >= 0.3 is 5.97 Å². The predicted octanol–water partition coefficient (Wildman–Crippen LogP) is 3.48. The van der Waals surface area contributed by atoms with Crippen LogP contribution in [0.3, 0.4) is 0 Å². The lowest BCUT2D eigenvalue weighted by molar-refractivity contribution is -0.136. The van der Waals surface area contributed by atoms with Crippen LogP contribution in [0.15, 0.2) is 47.8 Å². The number of nitrogens with one attached hydrogen (secondary N) is 1. The van der Waals surface area contributed by atoms with E-state index in [1.165, 1.54) is 0 Å². The van der Waals surface area contributed by atoms with E-state index in [2.05, 4.69) is 36.7 Å². The van der Waals surface area contributed by atoms with Gasteiger partial charge in [0.1, 0.15) is 18.5 Å². The third-order valence-corrected chi connectivity index (χ3v) is 4.76. The second-order valence-corrected chi connectivity index (χ2v) is 7.39. The summed E-state index contributed by atoms with van der Waals surface area (Å²) in [5.74, 6) is 0.269. The van der Waals surface area contributed by atoms with Gasteiger partial charge in [-0.05, 0) is 26.3 Å². The Morgan fingerprint density at radius 3 is 2.64 bits per heavy atom. The fourth-order valence-electron chi connectivity index (χ4n) is 3.64. The smallest absolute Gasteiger partial charge is 0.337 e. The standard InChI is InChI=1S/C20H19N3O2/c1-20(2,3)23-10-13(9-21)16-15(12-7-5-4-6-8-12)17-14(22-18(16)23)11-25-19(17)24/h4-8,10,15,22H,11H2,1-3H3/t15-/m0/s1. The third kappa shape index (κ3) is 2.25. The molecule has 0 radical (unpaired) electrons. The molecular formula is C20H19N3O2. The van der Waals surface area contributed by atoms with Crippen molar-refractivity contribution in [2.45, 2.75) is 32.2 Å². The second kappa shape index (κ2) is 5.25. The highest BCUT2D eigenvalue weighted by molar-refractivity contribution is 5.97. The Balaban J connectivity index is 2.02. The third-order valence-electron chi connectivity index (χ3n) is 4.76. The highest BCUT2D eigenvalue weighted by Gasteiger charge is 2.42. The van der Waals surface area contributed by atoms with Gasteiger partial charge in [0.05, 0.1) is 16.8 Å². The number of nitriles is 1. The molecule has 4 rings (SSSR count). The van der Waals surface area contributed by atoms with Gasteiger partial charge in [0.15, 0.2) is 0 Å². The minimum atomic E-state index is -0.311. The van der Waals surface area contributed by atoms with Crippen molar-refractivity contribution in [3.05, 3.63) is 64.5 Å². The number of rotatable bonds is 1. The average molecular weight is 333 g/mol. The first kappa shape index (κ1) is 15.5. The monoisotopic (exact) mass is 333 g/mol. The number of nitrogens with zero attached hydrogens (tertiary/aromatic N) is 2. The fraction of sp³-hybridized carbons (Fsp3) is 0.300. The maximum Gasteiger partial charge on any atom is 0.337 e. The van der Waals surface area contributed by atoms with Crippen molar-refractivity contribution in [2.24, 2.45) is 0 Å². The maximum atomic E-state index is 12.4. The van der Waals surface area contributed by atoms with E-state index in [9.17, 15) is 10.1 Å². The van der Waals surface area contributed by atoms with Gasteiger partial charge in [-0.3, -0.25) is 0 Å². The number of carbonyl (C=O) groups is 1. The van der Waals surface area contributed by atoms with Crippen LogP contribution in [0.5, 0.6) is 0 Å². The van der Waals surface area contributed by atoms with Gasteiger partial charge in [-0.1, -0.05) is 30.3 Å². The summed E-state index contributed by atoms with van der Waals surface area (Å²) in [5.41, 5.74) is 3.62. The minimum absolute atomic E-state index is 0.199. The molecule has 25 heavy (non-hydrogen) atoms. The van der Waals surface area contributed by atoms with E-state index in [0.29, 0.717) is 11.1 Å². The quantitative estimate of drug-likeness (QED) is 0.811. The molecule has 2 aliphatic rings. The molecule has 2 aliphatic heterocycles. The topological polar surface area (TPSA) is 67.0 Å². The molecule has 0 spiro atoms. The summed E-state index contributed by atoms with van der Waals surface area (Å²) in [4.78, 5) is 12.4. The number of cyclic esters (lactones) is 1. The van der Waals surface area contributed by atoms with Crippen LogP contribution in [0.25, 0.3) is 0 Å². The zero-order valence-corrected chi connectivity index (χ0v) is 14.5. The minimum Gasteiger partial charge on any atom is -0.456 e. The predicted molar refractivity (Wildman–Crippen MR) is 94.0 cm³/mol. The van der Waals surface area contributed by atoms with Crippen LogP contribution >= 0.6 is 0 Å². The lowest BCUT2D eigenvalue weighted by Gasteiger charge is -2.30. The first-order valence-corrected chi connectivity index (χ1v) is 8.29. The van der Waals surface area contributed by atoms with Crippen molar-refractivity contribution >= 4 is 11.8 Å². The fourth-order valence-corrected chi connectivity index (χ4v) is 3.64. The molecule has 0 fully saturated rings. The Kier molecular flexibility index (Phi) is 3.26. The Hall–Kier alpha value is -3.00. The molecule has 1 atom stereocenters. The zero-order valence-electron chi connectivity index (χ0n) is 14.5. The molecule has 0 amide bonds. The second-order valence-electron chi connectivity index (χ2n) is 7.39. The van der Waals surface area contributed by atoms with Gasteiger partial charge < -0.3 is 14.6 Å². The highest BCUT2D eigenvalue weighted by atomic mass is 16.5. The molecule has 0 unspecified atom stereocenters. The SMILES string of the molecule is CC(C)(C)n1cc(C#N)c2c1NC1=C(C(=O)OC1)[C@H]2c1ccccc1. The molecule has 1 N–H and O–H groups in total. The van der Waals surface area contributed by atoms with Crippen LogP contribution in [-0.2, 0) is 15.1 Å². The maximum absolute atomic E-state index is 12.4. The van der Waals surface area contributed by atoms with E-state index in [1.807, 2.05) is 36.5 Å². The molecule has 126 valence electrons. The molecule has 0 bridgehead atoms. The summed E-state index contributed by atoms with van der Waals surface area (Å²) >= 11 is 0. The van der Waals surface area contributed by atoms with Gasteiger partial charge in [0, 0.05) is 23.2 Å². The van der Waals surface area contributed by atoms with E-state index < -0.39 is 0 Å². The Morgan fingerprint density at radius 1 is 1.28 bits per heavy atom. The van der Waals surface area contributed by atoms with Crippen molar-refractivity contribution in [3.63, 3.8) is 0 Å². The number of fused-ring (bicyclic) bond motifs is 1. The zero-order chi connectivity index (χ0) is 17.8. The van der Waals surface area contributed by atoms with E-state index in [4.69, 9.17) is 4.74 Å². The molecule has 5 nitrogen and oxygen atoms in total. The summed E-state index contributed by atoms with van der Waals surface area (Å²) < 4.78 is 7.36. The number of hydrogen-bond acceptors (Lipinski definition) is 4. The molecule has 0 saturated heterocycles. The molecule has 5 heteroatoms. The van der Waals surface area contributed by atoms with Gasteiger partial charge in [0.25, 0.3) is 0 Å². The first-order valence-electron chi connectivity index (χ1n) is 8.29. The summed E-state index contributed by atoms with van der Waals surface area (Å²) in [5, 5.41) is 13.1. The van der Waals surface area contributed by atoms with Crippen molar-refractivity contribution in [3.8, 4) is 6.07 Å². The normalized spacial score (nSPS) is 19.0. The summed E-state index contributed by atoms with van der Waals surface area (Å²) in [7, 11) is 0. The number of anilines is 1. The molecule has 2 aromatic rings. The van der Waals surface area contributed by atoms with Crippen LogP contribution in [0, 0.1) is 11.3 Å². The molecule has 0 saturated carbocycles. The summed E-state index contributed by atoms with van der Waals surface area (Å²) in [6.45, 7) is 6.52. The molecule has 1 aromatic carbocycles. The van der Waals surface area contributed by atoms with Crippen LogP contribution in [-0.4, -0.2) is 17.1 Å². The number of carbonyl (C=O) groups excluding carboxylic acids is 1. The molecule has 0 aliphatic carbocycles. The Bertz CT molecular complexity index is 940. The molecule has 1 aromatic heterocycles. The van der Waals surface area contributed by atoms with Crippen LogP contribution in [0.4, 0.5) is 5.82 Å². The molecular weight excluding hydrogens is 314 g/mol. The number of ether oxygens (including phenoxy) is 1. The Morgan fingerprint density at radius 2 is 2.00 bits per heavy atom. The van der Waals surface area contributed by atoms with Crippen molar-refractivity contribution in [1.82, 2.24) is 4.57 Å². The lowest BCUT2D eigenvalue weighted by atomic mass is 9.81. The van der Waals surface area contributed by atoms with Gasteiger partial charge in [-0.25, -0.2) is 4.79 Å². The highest BCUT2D eigenvalue weighted by Crippen LogP contribution is 2.47. The number of esters is 1. The summed E-state index contributed by atoms with van der Waals surface area (Å²) in [6.07, 6.45) is 1.88. The summed E-state index contributed by atoms with van der Waals surface area (Å²) in [6, 6.07) is 12.1. The number of aromatic nitrogens is 1. The van der Waals surface area contributed by atoms with Crippen molar-refractivity contribution in [2.75, 3.05) is 11.9 Å². The molecule has 3 heterocycles. The number of benzene rings is 1. The van der Waals surface area contributed by atoms with Crippen LogP contribution < -0.4 is 5.32 Å². The van der Waals surface area contributed by atoms with Crippen molar-refractivity contribution in [1.29, 1.82) is 5.26 Å². The van der Waals surface area contributed by atoms with Crippen LogP contribution in [0.1, 0.15) is 43.4 Å². The van der Waals surface area contributed by atoms with E-state index in [-0.39, 0.29) is 24.0 Å². The van der Waals surface area contributed by atoms with Crippen molar-refractivity contribution < 1.29 is 9.53 Å². The van der Waals surface area contributed by atoms with E-state index in [1.54, 1.807) is 0 Å². The first-order chi connectivity index (χ1) is 11.9. The van der Waals surface area contributed by atoms with Gasteiger partial charge in [0.2, 0.25) is 0 Å². The van der Waals surface area contributed by atoms with Gasteiger partial charge in [-0.2, -0.15) is 5.26 Å². The largest absolute Gasteiger partial charge is 0.456 e. The lowest BCUT2D eigenvalue weighted by Crippen LogP contribution is -2.26. The average Bonchev–Trinajstić information content (AvgIpc) is 3.14. The van der Waals surface area contributed by atoms with E-state index in [0.717, 1.165) is 22.6 Å². The van der Waals surface area contributed by atoms with Gasteiger partial charge in [-0.15, -0.1) is 0 Å². The van der Waals surface area contributed by atoms with E-state index >= 15 is 0 Å². The Labute approximate surface area is 146 Å².